The number of hydrogen-bond acceptors (Lipinski definition) is 8. The fraction of sp³-hybridized carbons (Fsp3) is 0.346. The number of benzene rings is 2. The number of nitrogen functional groups attached to an aromatic ring is 1. The van der Waals surface area contributed by atoms with E-state index in [-0.39, 0.29) is 23.9 Å². The minimum atomic E-state index is -0.332. The van der Waals surface area contributed by atoms with E-state index in [1.54, 1.807) is 19.4 Å². The monoisotopic (exact) mass is 475 g/mol. The minimum Gasteiger partial charge on any atom is -0.497 e. The van der Waals surface area contributed by atoms with Crippen LogP contribution >= 0.6 is 0 Å². The first-order chi connectivity index (χ1) is 17.0. The molecule has 3 N–H and O–H groups in total. The lowest BCUT2D eigenvalue weighted by molar-refractivity contribution is -0.121. The van der Waals surface area contributed by atoms with Crippen molar-refractivity contribution in [2.45, 2.75) is 18.9 Å². The molecule has 9 heteroatoms. The number of fused-ring (bicyclic) bond motifs is 1. The fourth-order valence-electron chi connectivity index (χ4n) is 4.49. The van der Waals surface area contributed by atoms with Gasteiger partial charge < -0.3 is 30.2 Å². The molecule has 2 aromatic carbocycles. The van der Waals surface area contributed by atoms with E-state index in [9.17, 15) is 4.79 Å². The summed E-state index contributed by atoms with van der Waals surface area (Å²) in [6.45, 7) is 2.11. The quantitative estimate of drug-likeness (QED) is 0.560. The highest BCUT2D eigenvalue weighted by molar-refractivity contribution is 5.95. The number of ether oxygens (including phenoxy) is 3. The third-order valence-electron chi connectivity index (χ3n) is 6.40. The zero-order chi connectivity index (χ0) is 24.4. The fourth-order valence-corrected chi connectivity index (χ4v) is 4.49. The van der Waals surface area contributed by atoms with Crippen molar-refractivity contribution in [2.24, 2.45) is 5.92 Å². The van der Waals surface area contributed by atoms with Crippen LogP contribution < -0.4 is 25.3 Å². The van der Waals surface area contributed by atoms with Crippen LogP contribution in [0.1, 0.15) is 12.0 Å². The van der Waals surface area contributed by atoms with Crippen molar-refractivity contribution in [3.8, 4) is 28.5 Å². The highest BCUT2D eigenvalue weighted by Gasteiger charge is 2.28. The Kier molecular flexibility index (Phi) is 6.41. The van der Waals surface area contributed by atoms with E-state index in [0.29, 0.717) is 30.2 Å². The van der Waals surface area contributed by atoms with Crippen LogP contribution in [0.3, 0.4) is 0 Å². The number of anilines is 2. The SMILES string of the molecule is COc1ccc2c(c1)C[C@H](C(=O)Nc1ccc(-c3ccnc(N)n3)cc1O[C@@H]1CCN(C)C1)CO2. The van der Waals surface area contributed by atoms with Gasteiger partial charge in [0.25, 0.3) is 0 Å². The number of rotatable bonds is 6. The first-order valence-electron chi connectivity index (χ1n) is 11.7. The average molecular weight is 476 g/mol. The van der Waals surface area contributed by atoms with Crippen molar-refractivity contribution in [3.63, 3.8) is 0 Å². The molecule has 9 nitrogen and oxygen atoms in total. The van der Waals surface area contributed by atoms with Crippen LogP contribution in [0.15, 0.2) is 48.7 Å². The predicted molar refractivity (Wildman–Crippen MR) is 133 cm³/mol. The van der Waals surface area contributed by atoms with E-state index < -0.39 is 0 Å². The number of likely N-dealkylation sites (N-methyl/N-ethyl adjacent to an activating group) is 1. The molecule has 3 aromatic rings. The molecule has 35 heavy (non-hydrogen) atoms. The molecule has 0 saturated carbocycles. The first-order valence-corrected chi connectivity index (χ1v) is 11.7. The van der Waals surface area contributed by atoms with E-state index in [0.717, 1.165) is 42.1 Å². The van der Waals surface area contributed by atoms with E-state index >= 15 is 0 Å². The molecule has 1 aromatic heterocycles. The van der Waals surface area contributed by atoms with Gasteiger partial charge in [0.05, 0.1) is 24.4 Å². The number of amides is 1. The summed E-state index contributed by atoms with van der Waals surface area (Å²) in [4.78, 5) is 23.8. The van der Waals surface area contributed by atoms with Gasteiger partial charge >= 0.3 is 0 Å². The molecule has 0 bridgehead atoms. The number of likely N-dealkylation sites (tertiary alicyclic amines) is 1. The topological polar surface area (TPSA) is 112 Å². The summed E-state index contributed by atoms with van der Waals surface area (Å²) in [6, 6.07) is 13.1. The highest BCUT2D eigenvalue weighted by atomic mass is 16.5. The minimum absolute atomic E-state index is 0.0405. The molecule has 1 amide bonds. The van der Waals surface area contributed by atoms with Crippen LogP contribution in [-0.2, 0) is 11.2 Å². The molecule has 1 fully saturated rings. The van der Waals surface area contributed by atoms with Crippen LogP contribution in [0.5, 0.6) is 17.2 Å². The number of nitrogens with two attached hydrogens (primary N) is 1. The molecule has 0 radical (unpaired) electrons. The Balaban J connectivity index is 1.38. The maximum Gasteiger partial charge on any atom is 0.231 e. The van der Waals surface area contributed by atoms with Crippen molar-refractivity contribution in [1.82, 2.24) is 14.9 Å². The molecule has 3 heterocycles. The van der Waals surface area contributed by atoms with Crippen molar-refractivity contribution >= 4 is 17.5 Å². The van der Waals surface area contributed by atoms with Gasteiger partial charge in [0.1, 0.15) is 30.0 Å². The number of nitrogens with one attached hydrogen (secondary N) is 1. The van der Waals surface area contributed by atoms with Gasteiger partial charge in [-0.2, -0.15) is 0 Å². The molecule has 2 aliphatic heterocycles. The summed E-state index contributed by atoms with van der Waals surface area (Å²) in [5.74, 6) is 1.89. The molecule has 0 aliphatic carbocycles. The van der Waals surface area contributed by atoms with E-state index in [1.165, 1.54) is 0 Å². The third kappa shape index (κ3) is 5.14. The highest BCUT2D eigenvalue weighted by Crippen LogP contribution is 2.34. The van der Waals surface area contributed by atoms with Gasteiger partial charge in [0.2, 0.25) is 11.9 Å². The number of aromatic nitrogens is 2. The van der Waals surface area contributed by atoms with E-state index in [2.05, 4.69) is 27.2 Å². The van der Waals surface area contributed by atoms with Crippen LogP contribution in [0, 0.1) is 5.92 Å². The summed E-state index contributed by atoms with van der Waals surface area (Å²) in [5.41, 5.74) is 8.87. The normalized spacial score (nSPS) is 19.5. The van der Waals surface area contributed by atoms with E-state index in [1.807, 2.05) is 36.4 Å². The Labute approximate surface area is 204 Å². The lowest BCUT2D eigenvalue weighted by atomic mass is 9.95. The van der Waals surface area contributed by atoms with Gasteiger partial charge in [-0.25, -0.2) is 9.97 Å². The van der Waals surface area contributed by atoms with Crippen LogP contribution in [-0.4, -0.2) is 60.7 Å². The molecule has 2 aliphatic rings. The zero-order valence-corrected chi connectivity index (χ0v) is 19.9. The second-order valence-corrected chi connectivity index (χ2v) is 8.98. The first kappa shape index (κ1) is 22.9. The van der Waals surface area contributed by atoms with Gasteiger partial charge in [0.15, 0.2) is 0 Å². The summed E-state index contributed by atoms with van der Waals surface area (Å²) in [6.07, 6.45) is 3.15. The maximum absolute atomic E-state index is 13.2. The average Bonchev–Trinajstić information content (AvgIpc) is 3.28. The molecule has 1 saturated heterocycles. The van der Waals surface area contributed by atoms with Gasteiger partial charge in [-0.15, -0.1) is 0 Å². The molecular weight excluding hydrogens is 446 g/mol. The maximum atomic E-state index is 13.2. The third-order valence-corrected chi connectivity index (χ3v) is 6.40. The van der Waals surface area contributed by atoms with Crippen molar-refractivity contribution in [3.05, 3.63) is 54.2 Å². The molecular formula is C26H29N5O4. The lowest BCUT2D eigenvalue weighted by Crippen LogP contribution is -2.33. The smallest absolute Gasteiger partial charge is 0.231 e. The molecule has 182 valence electrons. The summed E-state index contributed by atoms with van der Waals surface area (Å²) >= 11 is 0. The second-order valence-electron chi connectivity index (χ2n) is 8.98. The van der Waals surface area contributed by atoms with Gasteiger partial charge in [-0.05, 0) is 61.9 Å². The van der Waals surface area contributed by atoms with Crippen molar-refractivity contribution in [2.75, 3.05) is 44.9 Å². The van der Waals surface area contributed by atoms with E-state index in [4.69, 9.17) is 19.9 Å². The zero-order valence-electron chi connectivity index (χ0n) is 19.9. The molecule has 0 unspecified atom stereocenters. The van der Waals surface area contributed by atoms with Crippen molar-refractivity contribution < 1.29 is 19.0 Å². The molecule has 5 rings (SSSR count). The summed E-state index contributed by atoms with van der Waals surface area (Å²) < 4.78 is 17.5. The molecule has 2 atom stereocenters. The lowest BCUT2D eigenvalue weighted by Gasteiger charge is -2.25. The second kappa shape index (κ2) is 9.79. The Morgan fingerprint density at radius 1 is 1.23 bits per heavy atom. The Hall–Kier alpha value is -3.85. The number of nitrogens with zero attached hydrogens (tertiary/aromatic N) is 3. The van der Waals surface area contributed by atoms with Gasteiger partial charge in [0, 0.05) is 24.8 Å². The number of carbonyl (C=O) groups is 1. The number of carbonyl (C=O) groups excluding carboxylic acids is 1. The Morgan fingerprint density at radius 2 is 2.11 bits per heavy atom. The Morgan fingerprint density at radius 3 is 2.89 bits per heavy atom. The van der Waals surface area contributed by atoms with Crippen LogP contribution in [0.2, 0.25) is 0 Å². The van der Waals surface area contributed by atoms with Gasteiger partial charge in [-0.1, -0.05) is 6.07 Å². The Bertz CT molecular complexity index is 1230. The largest absolute Gasteiger partial charge is 0.497 e. The predicted octanol–water partition coefficient (Wildman–Crippen LogP) is 3.01. The molecule has 0 spiro atoms. The standard InChI is InChI=1S/C26H29N5O4/c1-31-10-8-20(14-31)35-24-13-16(21-7-9-28-26(27)30-21)3-5-22(24)29-25(32)18-11-17-12-19(33-2)4-6-23(17)34-15-18/h3-7,9,12-13,18,20H,8,10-11,14-15H2,1-2H3,(H,29,32)(H2,27,28,30)/t18-,20+/m0/s1. The van der Waals surface area contributed by atoms with Crippen LogP contribution in [0.4, 0.5) is 11.6 Å². The number of methoxy groups -OCH3 is 1. The number of hydrogen-bond donors (Lipinski definition) is 2. The van der Waals surface area contributed by atoms with Gasteiger partial charge in [-0.3, -0.25) is 4.79 Å². The van der Waals surface area contributed by atoms with Crippen molar-refractivity contribution in [1.29, 1.82) is 0 Å². The van der Waals surface area contributed by atoms with Crippen LogP contribution in [0.25, 0.3) is 11.3 Å². The summed E-state index contributed by atoms with van der Waals surface area (Å²) in [7, 11) is 3.70. The summed E-state index contributed by atoms with van der Waals surface area (Å²) in [5, 5.41) is 3.07.